The van der Waals surface area contributed by atoms with E-state index < -0.39 is 0 Å². The van der Waals surface area contributed by atoms with Crippen LogP contribution < -0.4 is 0 Å². The second-order valence-electron chi connectivity index (χ2n) is 14.9. The summed E-state index contributed by atoms with van der Waals surface area (Å²) in [5.74, 6) is 0. The number of hydrogen-bond acceptors (Lipinski definition) is 1. The molecule has 0 atom stereocenters. The smallest absolute Gasteiger partial charge is 0.0541 e. The van der Waals surface area contributed by atoms with Crippen LogP contribution in [0.25, 0.3) is 109 Å². The summed E-state index contributed by atoms with van der Waals surface area (Å²) in [6.45, 7) is 0. The Bertz CT molecular complexity index is 3490. The predicted octanol–water partition coefficient (Wildman–Crippen LogP) is 15.2. The molecule has 3 heterocycles. The Labute approximate surface area is 333 Å². The fourth-order valence-electron chi connectivity index (χ4n) is 9.11. The molecule has 0 amide bonds. The number of nitrogens with zero attached hydrogens (tertiary/aromatic N) is 2. The van der Waals surface area contributed by atoms with Crippen molar-refractivity contribution in [1.29, 1.82) is 0 Å². The second-order valence-corrected chi connectivity index (χ2v) is 16.0. The van der Waals surface area contributed by atoms with Crippen LogP contribution in [0, 0.1) is 0 Å². The van der Waals surface area contributed by atoms with Crippen LogP contribution in [0.2, 0.25) is 0 Å². The van der Waals surface area contributed by atoms with Gasteiger partial charge in [-0.2, -0.15) is 0 Å². The van der Waals surface area contributed by atoms with Crippen LogP contribution in [0.15, 0.2) is 206 Å². The van der Waals surface area contributed by atoms with Crippen molar-refractivity contribution >= 4 is 75.1 Å². The van der Waals surface area contributed by atoms with E-state index in [0.717, 1.165) is 0 Å². The van der Waals surface area contributed by atoms with Crippen molar-refractivity contribution in [3.8, 4) is 44.8 Å². The van der Waals surface area contributed by atoms with E-state index in [0.29, 0.717) is 0 Å². The molecular weight excluding hydrogens is 709 g/mol. The van der Waals surface area contributed by atoms with Gasteiger partial charge in [0.05, 0.1) is 22.1 Å². The topological polar surface area (TPSA) is 9.86 Å². The molecule has 3 aromatic heterocycles. The maximum Gasteiger partial charge on any atom is 0.0541 e. The molecule has 57 heavy (non-hydrogen) atoms. The highest BCUT2D eigenvalue weighted by molar-refractivity contribution is 7.26. The normalized spacial score (nSPS) is 11.9. The molecule has 0 radical (unpaired) electrons. The van der Waals surface area contributed by atoms with Crippen molar-refractivity contribution in [2.24, 2.45) is 0 Å². The summed E-state index contributed by atoms with van der Waals surface area (Å²) < 4.78 is 7.44. The molecule has 0 unspecified atom stereocenters. The summed E-state index contributed by atoms with van der Waals surface area (Å²) in [6, 6.07) is 75.6. The number of aromatic nitrogens is 2. The molecule has 0 aliphatic carbocycles. The van der Waals surface area contributed by atoms with E-state index in [-0.39, 0.29) is 0 Å². The standard InChI is InChI=1S/C54H34N2S/c1-3-12-35(13-4-1)36-22-24-37(25-23-36)42-18-11-21-53-54(42)47-34-41(28-31-52(47)57-53)56-49-20-10-8-17-44(49)46-33-39(27-30-51(46)56)38-26-29-50-45(32-38)43-16-7-9-19-48(43)55(50)40-14-5-2-6-15-40/h1-34H. The molecule has 0 spiro atoms. The number of fused-ring (bicyclic) bond motifs is 9. The monoisotopic (exact) mass is 742 g/mol. The van der Waals surface area contributed by atoms with Gasteiger partial charge in [-0.25, -0.2) is 0 Å². The Morgan fingerprint density at radius 1 is 0.281 bits per heavy atom. The third kappa shape index (κ3) is 5.03. The van der Waals surface area contributed by atoms with Gasteiger partial charge in [-0.3, -0.25) is 0 Å². The Morgan fingerprint density at radius 3 is 1.47 bits per heavy atom. The van der Waals surface area contributed by atoms with Gasteiger partial charge in [0, 0.05) is 53.1 Å². The summed E-state index contributed by atoms with van der Waals surface area (Å²) in [7, 11) is 0. The Balaban J connectivity index is 0.999. The highest BCUT2D eigenvalue weighted by Crippen LogP contribution is 2.43. The highest BCUT2D eigenvalue weighted by Gasteiger charge is 2.18. The number of para-hydroxylation sites is 3. The van der Waals surface area contributed by atoms with Crippen molar-refractivity contribution in [3.05, 3.63) is 206 Å². The molecular formula is C54H34N2S. The number of rotatable bonds is 5. The maximum absolute atomic E-state index is 2.45. The lowest BCUT2D eigenvalue weighted by atomic mass is 9.97. The number of hydrogen-bond donors (Lipinski definition) is 0. The zero-order valence-corrected chi connectivity index (χ0v) is 31.7. The number of thiophene rings is 1. The predicted molar refractivity (Wildman–Crippen MR) is 244 cm³/mol. The van der Waals surface area contributed by atoms with Crippen LogP contribution >= 0.6 is 11.3 Å². The van der Waals surface area contributed by atoms with E-state index in [2.05, 4.69) is 215 Å². The maximum atomic E-state index is 2.45. The second kappa shape index (κ2) is 12.7. The molecule has 0 N–H and O–H groups in total. The first kappa shape index (κ1) is 32.1. The van der Waals surface area contributed by atoms with Gasteiger partial charge in [0.2, 0.25) is 0 Å². The molecule has 12 rings (SSSR count). The van der Waals surface area contributed by atoms with Crippen molar-refractivity contribution in [1.82, 2.24) is 9.13 Å². The molecule has 0 saturated heterocycles. The Hall–Kier alpha value is -7.20. The van der Waals surface area contributed by atoms with Crippen molar-refractivity contribution in [3.63, 3.8) is 0 Å². The lowest BCUT2D eigenvalue weighted by Gasteiger charge is -2.10. The SMILES string of the molecule is c1ccc(-c2ccc(-c3cccc4sc5ccc(-n6c7ccccc7c7cc(-c8ccc9c(c8)c8ccccc8n9-c8ccccc8)ccc76)cc5c34)cc2)cc1. The van der Waals surface area contributed by atoms with E-state index in [9.17, 15) is 0 Å². The van der Waals surface area contributed by atoms with Gasteiger partial charge in [-0.1, -0.05) is 133 Å². The first-order valence-electron chi connectivity index (χ1n) is 19.5. The van der Waals surface area contributed by atoms with Crippen LogP contribution in [-0.2, 0) is 0 Å². The van der Waals surface area contributed by atoms with Crippen LogP contribution in [0.1, 0.15) is 0 Å². The van der Waals surface area contributed by atoms with E-state index in [4.69, 9.17) is 0 Å². The molecule has 0 aliphatic heterocycles. The lowest BCUT2D eigenvalue weighted by molar-refractivity contribution is 1.18. The molecule has 266 valence electrons. The Kier molecular flexibility index (Phi) is 7.13. The summed E-state index contributed by atoms with van der Waals surface area (Å²) in [6.07, 6.45) is 0. The van der Waals surface area contributed by atoms with Gasteiger partial charge >= 0.3 is 0 Å². The molecule has 3 heteroatoms. The van der Waals surface area contributed by atoms with Crippen LogP contribution in [0.3, 0.4) is 0 Å². The fourth-order valence-corrected chi connectivity index (χ4v) is 10.2. The lowest BCUT2D eigenvalue weighted by Crippen LogP contribution is -1.93. The third-order valence-electron chi connectivity index (χ3n) is 11.7. The van der Waals surface area contributed by atoms with Crippen LogP contribution in [0.4, 0.5) is 0 Å². The first-order chi connectivity index (χ1) is 28.3. The highest BCUT2D eigenvalue weighted by atomic mass is 32.1. The molecule has 0 bridgehead atoms. The van der Waals surface area contributed by atoms with E-state index >= 15 is 0 Å². The van der Waals surface area contributed by atoms with Gasteiger partial charge in [0.25, 0.3) is 0 Å². The summed E-state index contributed by atoms with van der Waals surface area (Å²) in [5, 5.41) is 7.64. The summed E-state index contributed by atoms with van der Waals surface area (Å²) in [4.78, 5) is 0. The van der Waals surface area contributed by atoms with Gasteiger partial charge in [-0.05, 0) is 106 Å². The zero-order chi connectivity index (χ0) is 37.5. The van der Waals surface area contributed by atoms with Crippen molar-refractivity contribution < 1.29 is 0 Å². The minimum absolute atomic E-state index is 1.17. The quantitative estimate of drug-likeness (QED) is 0.166. The minimum Gasteiger partial charge on any atom is -0.309 e. The van der Waals surface area contributed by atoms with Gasteiger partial charge in [-0.15, -0.1) is 11.3 Å². The molecule has 9 aromatic carbocycles. The summed E-state index contributed by atoms with van der Waals surface area (Å²) in [5.41, 5.74) is 14.6. The van der Waals surface area contributed by atoms with Gasteiger partial charge in [0.1, 0.15) is 0 Å². The molecule has 2 nitrogen and oxygen atoms in total. The first-order valence-corrected chi connectivity index (χ1v) is 20.3. The van der Waals surface area contributed by atoms with E-state index in [1.165, 1.54) is 109 Å². The number of benzene rings is 9. The molecule has 12 aromatic rings. The largest absolute Gasteiger partial charge is 0.309 e. The van der Waals surface area contributed by atoms with Gasteiger partial charge < -0.3 is 9.13 Å². The molecule has 0 saturated carbocycles. The Morgan fingerprint density at radius 2 is 0.807 bits per heavy atom. The third-order valence-corrected chi connectivity index (χ3v) is 12.9. The van der Waals surface area contributed by atoms with Crippen molar-refractivity contribution in [2.75, 3.05) is 0 Å². The minimum atomic E-state index is 1.17. The van der Waals surface area contributed by atoms with Gasteiger partial charge in [0.15, 0.2) is 0 Å². The molecule has 0 aliphatic rings. The summed E-state index contributed by atoms with van der Waals surface area (Å²) >= 11 is 1.87. The van der Waals surface area contributed by atoms with E-state index in [1.807, 2.05) is 11.3 Å². The van der Waals surface area contributed by atoms with Crippen molar-refractivity contribution in [2.45, 2.75) is 0 Å². The van der Waals surface area contributed by atoms with Crippen LogP contribution in [0.5, 0.6) is 0 Å². The fraction of sp³-hybridized carbons (Fsp3) is 0. The van der Waals surface area contributed by atoms with Crippen LogP contribution in [-0.4, -0.2) is 9.13 Å². The molecule has 0 fully saturated rings. The van der Waals surface area contributed by atoms with E-state index in [1.54, 1.807) is 0 Å². The average Bonchev–Trinajstić information content (AvgIpc) is 3.94. The average molecular weight is 743 g/mol. The zero-order valence-electron chi connectivity index (χ0n) is 30.9.